The van der Waals surface area contributed by atoms with Crippen LogP contribution in [0.3, 0.4) is 0 Å². The minimum Gasteiger partial charge on any atom is -0.385 e. The number of methoxy groups -OCH3 is 1. The van der Waals surface area contributed by atoms with Gasteiger partial charge in [-0.15, -0.1) is 0 Å². The molecule has 0 rings (SSSR count). The van der Waals surface area contributed by atoms with E-state index in [4.69, 9.17) is 10.5 Å². The van der Waals surface area contributed by atoms with Crippen LogP contribution in [0.15, 0.2) is 0 Å². The van der Waals surface area contributed by atoms with Crippen molar-refractivity contribution in [2.45, 2.75) is 25.8 Å². The summed E-state index contributed by atoms with van der Waals surface area (Å²) in [6.07, 6.45) is 2.02. The van der Waals surface area contributed by atoms with Crippen LogP contribution in [0.1, 0.15) is 19.8 Å². The molecule has 0 amide bonds. The molecule has 0 saturated heterocycles. The minimum atomic E-state index is 0.329. The van der Waals surface area contributed by atoms with E-state index in [1.165, 1.54) is 0 Å². The lowest BCUT2D eigenvalue weighted by Gasteiger charge is -2.05. The first-order valence-corrected chi connectivity index (χ1v) is 3.05. The predicted molar refractivity (Wildman–Crippen MR) is 34.8 cm³/mol. The van der Waals surface area contributed by atoms with Gasteiger partial charge in [0.2, 0.25) is 0 Å². The molecule has 0 saturated carbocycles. The lowest BCUT2D eigenvalue weighted by atomic mass is 10.2. The summed E-state index contributed by atoms with van der Waals surface area (Å²) in [5.41, 5.74) is 5.58. The van der Waals surface area contributed by atoms with Gasteiger partial charge >= 0.3 is 0 Å². The molecule has 8 heavy (non-hydrogen) atoms. The molecule has 0 aromatic carbocycles. The van der Waals surface area contributed by atoms with E-state index in [-0.39, 0.29) is 0 Å². The van der Waals surface area contributed by atoms with Gasteiger partial charge in [-0.2, -0.15) is 0 Å². The maximum absolute atomic E-state index is 5.58. The van der Waals surface area contributed by atoms with E-state index in [2.05, 4.69) is 6.92 Å². The fourth-order valence-electron chi connectivity index (χ4n) is 0.473. The third kappa shape index (κ3) is 4.09. The maximum Gasteiger partial charge on any atom is 0.0477 e. The highest BCUT2D eigenvalue weighted by atomic mass is 16.5. The van der Waals surface area contributed by atoms with Crippen molar-refractivity contribution in [1.82, 2.24) is 0 Å². The Kier molecular flexibility index (Phi) is 5.01. The molecule has 0 radical (unpaired) electrons. The van der Waals surface area contributed by atoms with Gasteiger partial charge in [-0.3, -0.25) is 0 Å². The second kappa shape index (κ2) is 5.06. The van der Waals surface area contributed by atoms with Gasteiger partial charge in [0.05, 0.1) is 0 Å². The number of ether oxygens (including phenoxy) is 1. The van der Waals surface area contributed by atoms with E-state index in [0.717, 1.165) is 19.4 Å². The number of hydrogen-bond acceptors (Lipinski definition) is 2. The van der Waals surface area contributed by atoms with Gasteiger partial charge in [-0.1, -0.05) is 6.92 Å². The molecule has 2 nitrogen and oxygen atoms in total. The molecule has 0 aliphatic rings. The minimum absolute atomic E-state index is 0.329. The molecule has 2 heteroatoms. The topological polar surface area (TPSA) is 35.2 Å². The normalized spacial score (nSPS) is 13.9. The maximum atomic E-state index is 5.58. The second-order valence-electron chi connectivity index (χ2n) is 1.95. The monoisotopic (exact) mass is 117 g/mol. The van der Waals surface area contributed by atoms with Crippen molar-refractivity contribution in [3.8, 4) is 0 Å². The molecule has 1 atom stereocenters. The van der Waals surface area contributed by atoms with Crippen molar-refractivity contribution in [3.05, 3.63) is 0 Å². The zero-order valence-electron chi connectivity index (χ0n) is 5.68. The van der Waals surface area contributed by atoms with Gasteiger partial charge < -0.3 is 10.5 Å². The average molecular weight is 117 g/mol. The average Bonchev–Trinajstić information content (AvgIpc) is 1.83. The summed E-state index contributed by atoms with van der Waals surface area (Å²) in [6, 6.07) is 0.329. The summed E-state index contributed by atoms with van der Waals surface area (Å²) >= 11 is 0. The van der Waals surface area contributed by atoms with Crippen LogP contribution in [0.2, 0.25) is 0 Å². The van der Waals surface area contributed by atoms with Crippen LogP contribution in [-0.4, -0.2) is 19.8 Å². The molecular weight excluding hydrogens is 102 g/mol. The summed E-state index contributed by atoms with van der Waals surface area (Å²) in [5.74, 6) is 0. The van der Waals surface area contributed by atoms with Crippen molar-refractivity contribution in [2.24, 2.45) is 5.73 Å². The quantitative estimate of drug-likeness (QED) is 0.590. The van der Waals surface area contributed by atoms with Crippen LogP contribution in [0.4, 0.5) is 0 Å². The molecule has 0 heterocycles. The van der Waals surface area contributed by atoms with E-state index in [0.29, 0.717) is 6.04 Å². The molecule has 0 aromatic heterocycles. The molecule has 0 aromatic rings. The van der Waals surface area contributed by atoms with E-state index >= 15 is 0 Å². The number of hydrogen-bond donors (Lipinski definition) is 1. The molecule has 0 aliphatic heterocycles. The van der Waals surface area contributed by atoms with Crippen molar-refractivity contribution >= 4 is 0 Å². The summed E-state index contributed by atoms with van der Waals surface area (Å²) in [4.78, 5) is 0. The summed E-state index contributed by atoms with van der Waals surface area (Å²) < 4.78 is 4.83. The van der Waals surface area contributed by atoms with Crippen molar-refractivity contribution in [1.29, 1.82) is 0 Å². The highest BCUT2D eigenvalue weighted by Gasteiger charge is 1.95. The molecule has 1 unspecified atom stereocenters. The van der Waals surface area contributed by atoms with Crippen molar-refractivity contribution in [2.75, 3.05) is 13.7 Å². The summed E-state index contributed by atoms with van der Waals surface area (Å²) in [5, 5.41) is 0. The second-order valence-corrected chi connectivity index (χ2v) is 1.95. The Morgan fingerprint density at radius 3 is 2.62 bits per heavy atom. The Morgan fingerprint density at radius 1 is 1.62 bits per heavy atom. The molecule has 50 valence electrons. The molecule has 0 aliphatic carbocycles. The molecule has 2 N–H and O–H groups in total. The first-order valence-electron chi connectivity index (χ1n) is 3.05. The first-order chi connectivity index (χ1) is 3.81. The van der Waals surface area contributed by atoms with E-state index in [1.54, 1.807) is 7.11 Å². The Hall–Kier alpha value is -0.0800. The van der Waals surface area contributed by atoms with Crippen molar-refractivity contribution in [3.63, 3.8) is 0 Å². The molecular formula is C6H15NO. The van der Waals surface area contributed by atoms with Crippen LogP contribution >= 0.6 is 0 Å². The molecule has 0 spiro atoms. The number of rotatable bonds is 4. The Labute approximate surface area is 51.0 Å². The standard InChI is InChI=1S/C6H15NO/c1-3-6(7)4-5-8-2/h6H,3-5,7H2,1-2H3. The molecule has 0 fully saturated rings. The highest BCUT2D eigenvalue weighted by molar-refractivity contribution is 4.55. The Balaban J connectivity index is 2.86. The Bertz CT molecular complexity index is 47.8. The third-order valence-corrected chi connectivity index (χ3v) is 1.22. The van der Waals surface area contributed by atoms with E-state index < -0.39 is 0 Å². The zero-order chi connectivity index (χ0) is 6.41. The SMILES string of the molecule is CCC(N)CCOC. The van der Waals surface area contributed by atoms with Crippen molar-refractivity contribution < 1.29 is 4.74 Å². The summed E-state index contributed by atoms with van der Waals surface area (Å²) in [6.45, 7) is 2.87. The summed E-state index contributed by atoms with van der Waals surface area (Å²) in [7, 11) is 1.70. The van der Waals surface area contributed by atoms with Gasteiger partial charge in [0.25, 0.3) is 0 Å². The lowest BCUT2D eigenvalue weighted by Crippen LogP contribution is -2.20. The highest BCUT2D eigenvalue weighted by Crippen LogP contribution is 1.91. The van der Waals surface area contributed by atoms with Gasteiger partial charge in [-0.05, 0) is 12.8 Å². The van der Waals surface area contributed by atoms with Crippen LogP contribution < -0.4 is 5.73 Å². The van der Waals surface area contributed by atoms with Crippen LogP contribution in [0, 0.1) is 0 Å². The van der Waals surface area contributed by atoms with Gasteiger partial charge in [0, 0.05) is 19.8 Å². The lowest BCUT2D eigenvalue weighted by molar-refractivity contribution is 0.187. The fourth-order valence-corrected chi connectivity index (χ4v) is 0.473. The van der Waals surface area contributed by atoms with Crippen LogP contribution in [-0.2, 0) is 4.74 Å². The van der Waals surface area contributed by atoms with E-state index in [1.807, 2.05) is 0 Å². The van der Waals surface area contributed by atoms with Gasteiger partial charge in [-0.25, -0.2) is 0 Å². The predicted octanol–water partition coefficient (Wildman–Crippen LogP) is 0.760. The van der Waals surface area contributed by atoms with Gasteiger partial charge in [0.15, 0.2) is 0 Å². The fraction of sp³-hybridized carbons (Fsp3) is 1.00. The molecule has 0 bridgehead atoms. The first kappa shape index (κ1) is 7.92. The largest absolute Gasteiger partial charge is 0.385 e. The third-order valence-electron chi connectivity index (χ3n) is 1.22. The van der Waals surface area contributed by atoms with Gasteiger partial charge in [0.1, 0.15) is 0 Å². The van der Waals surface area contributed by atoms with E-state index in [9.17, 15) is 0 Å². The Morgan fingerprint density at radius 2 is 2.25 bits per heavy atom. The zero-order valence-corrected chi connectivity index (χ0v) is 5.68. The number of nitrogens with two attached hydrogens (primary N) is 1. The van der Waals surface area contributed by atoms with Crippen LogP contribution in [0.25, 0.3) is 0 Å². The van der Waals surface area contributed by atoms with Crippen LogP contribution in [0.5, 0.6) is 0 Å². The smallest absolute Gasteiger partial charge is 0.0477 e.